The van der Waals surface area contributed by atoms with Crippen LogP contribution in [-0.2, 0) is 31.3 Å². The van der Waals surface area contributed by atoms with Crippen LogP contribution in [-0.4, -0.2) is 60.9 Å². The van der Waals surface area contributed by atoms with Gasteiger partial charge in [0.15, 0.2) is 0 Å². The SMILES string of the molecule is CC(C)(C)OC(=O)ON1CC(O)C(c2ccc(OCCCOCc3ccccc3)cc2)C(COC(c2ccccc2)(c2ccccc2)c2ccccc2)C1. The van der Waals surface area contributed by atoms with E-state index in [0.717, 1.165) is 40.0 Å². The molecule has 5 aromatic rings. The topological polar surface area (TPSA) is 86.7 Å². The van der Waals surface area contributed by atoms with Crippen molar-refractivity contribution >= 4 is 6.16 Å². The molecule has 0 spiro atoms. The zero-order valence-corrected chi connectivity index (χ0v) is 31.4. The Balaban J connectivity index is 1.23. The molecule has 0 saturated carbocycles. The smallest absolute Gasteiger partial charge is 0.494 e. The van der Waals surface area contributed by atoms with Gasteiger partial charge in [0.05, 0.1) is 39.1 Å². The summed E-state index contributed by atoms with van der Waals surface area (Å²) < 4.78 is 24.6. The van der Waals surface area contributed by atoms with E-state index in [0.29, 0.717) is 26.4 Å². The van der Waals surface area contributed by atoms with Gasteiger partial charge in [0, 0.05) is 24.8 Å². The van der Waals surface area contributed by atoms with Gasteiger partial charge in [0.2, 0.25) is 0 Å². The van der Waals surface area contributed by atoms with Crippen LogP contribution in [0.15, 0.2) is 146 Å². The molecule has 1 heterocycles. The lowest BCUT2D eigenvalue weighted by Crippen LogP contribution is -2.51. The van der Waals surface area contributed by atoms with Crippen LogP contribution < -0.4 is 4.74 Å². The number of hydrogen-bond acceptors (Lipinski definition) is 8. The Morgan fingerprint density at radius 2 is 1.24 bits per heavy atom. The predicted molar refractivity (Wildman–Crippen MR) is 209 cm³/mol. The van der Waals surface area contributed by atoms with Crippen LogP contribution in [0.1, 0.15) is 60.9 Å². The van der Waals surface area contributed by atoms with Gasteiger partial charge < -0.3 is 28.9 Å². The number of carbonyl (C=O) groups excluding carboxylic acids is 1. The third kappa shape index (κ3) is 10.2. The van der Waals surface area contributed by atoms with E-state index in [1.165, 1.54) is 5.06 Å². The molecule has 0 aromatic heterocycles. The maximum atomic E-state index is 12.8. The van der Waals surface area contributed by atoms with Gasteiger partial charge in [-0.15, -0.1) is 5.06 Å². The summed E-state index contributed by atoms with van der Waals surface area (Å²) in [6, 6.07) is 48.6. The van der Waals surface area contributed by atoms with E-state index in [1.807, 2.05) is 97.1 Å². The monoisotopic (exact) mass is 729 g/mol. The van der Waals surface area contributed by atoms with Gasteiger partial charge in [-0.1, -0.05) is 133 Å². The highest BCUT2D eigenvalue weighted by atomic mass is 16.8. The molecule has 1 N–H and O–H groups in total. The first-order chi connectivity index (χ1) is 26.2. The molecule has 6 rings (SSSR count). The van der Waals surface area contributed by atoms with E-state index < -0.39 is 23.5 Å². The van der Waals surface area contributed by atoms with E-state index in [4.69, 9.17) is 23.8 Å². The third-order valence-electron chi connectivity index (χ3n) is 9.48. The van der Waals surface area contributed by atoms with Crippen molar-refractivity contribution in [2.75, 3.05) is 32.9 Å². The van der Waals surface area contributed by atoms with Crippen LogP contribution in [0.2, 0.25) is 0 Å². The number of β-amino-alcohol motifs (C(OH)–C–C–N with tert-alkyl or cyclic N) is 1. The van der Waals surface area contributed by atoms with Gasteiger partial charge in [-0.2, -0.15) is 0 Å². The zero-order chi connectivity index (χ0) is 37.8. The lowest BCUT2D eigenvalue weighted by Gasteiger charge is -2.43. The van der Waals surface area contributed by atoms with Crippen molar-refractivity contribution in [3.8, 4) is 5.75 Å². The highest BCUT2D eigenvalue weighted by molar-refractivity contribution is 5.60. The fourth-order valence-electron chi connectivity index (χ4n) is 7.09. The summed E-state index contributed by atoms with van der Waals surface area (Å²) in [7, 11) is 0. The van der Waals surface area contributed by atoms with Crippen molar-refractivity contribution in [1.82, 2.24) is 5.06 Å². The molecule has 0 bridgehead atoms. The molecule has 54 heavy (non-hydrogen) atoms. The molecule has 282 valence electrons. The van der Waals surface area contributed by atoms with Gasteiger partial charge in [0.1, 0.15) is 17.0 Å². The Bertz CT molecular complexity index is 1750. The summed E-state index contributed by atoms with van der Waals surface area (Å²) in [5.74, 6) is 0.121. The highest BCUT2D eigenvalue weighted by Crippen LogP contribution is 2.43. The quantitative estimate of drug-likeness (QED) is 0.0650. The van der Waals surface area contributed by atoms with E-state index in [2.05, 4.69) is 48.5 Å². The van der Waals surface area contributed by atoms with Crippen molar-refractivity contribution in [1.29, 1.82) is 0 Å². The first kappa shape index (κ1) is 38.7. The first-order valence-corrected chi connectivity index (χ1v) is 18.7. The van der Waals surface area contributed by atoms with E-state index >= 15 is 0 Å². The number of hydroxylamine groups is 2. The Morgan fingerprint density at radius 1 is 0.704 bits per heavy atom. The first-order valence-electron chi connectivity index (χ1n) is 18.7. The zero-order valence-electron chi connectivity index (χ0n) is 31.4. The van der Waals surface area contributed by atoms with Crippen molar-refractivity contribution in [2.45, 2.75) is 57.0 Å². The maximum Gasteiger partial charge on any atom is 0.528 e. The van der Waals surface area contributed by atoms with Gasteiger partial charge in [-0.25, -0.2) is 4.79 Å². The molecular formula is C46H51NO7. The van der Waals surface area contributed by atoms with Crippen LogP contribution >= 0.6 is 0 Å². The van der Waals surface area contributed by atoms with Gasteiger partial charge in [0.25, 0.3) is 0 Å². The average Bonchev–Trinajstić information content (AvgIpc) is 3.18. The minimum absolute atomic E-state index is 0.114. The molecule has 0 radical (unpaired) electrons. The molecule has 0 amide bonds. The van der Waals surface area contributed by atoms with Crippen LogP contribution in [0.5, 0.6) is 5.75 Å². The molecule has 1 saturated heterocycles. The van der Waals surface area contributed by atoms with E-state index in [9.17, 15) is 9.90 Å². The summed E-state index contributed by atoms with van der Waals surface area (Å²) in [6.07, 6.45) is -0.927. The number of rotatable bonds is 15. The van der Waals surface area contributed by atoms with Crippen molar-refractivity contribution in [2.24, 2.45) is 5.92 Å². The number of benzene rings is 5. The Hall–Kier alpha value is -4.99. The summed E-state index contributed by atoms with van der Waals surface area (Å²) in [5, 5.41) is 13.3. The second-order valence-corrected chi connectivity index (χ2v) is 14.7. The fraction of sp³-hybridized carbons (Fsp3) is 0.326. The molecule has 1 fully saturated rings. The molecule has 8 nitrogen and oxygen atoms in total. The molecule has 1 aliphatic rings. The van der Waals surface area contributed by atoms with E-state index in [-0.39, 0.29) is 25.0 Å². The number of piperidine rings is 1. The number of carbonyl (C=O) groups is 1. The molecular weight excluding hydrogens is 679 g/mol. The largest absolute Gasteiger partial charge is 0.528 e. The Morgan fingerprint density at radius 3 is 1.78 bits per heavy atom. The van der Waals surface area contributed by atoms with Crippen molar-refractivity contribution < 1.29 is 33.7 Å². The maximum absolute atomic E-state index is 12.8. The lowest BCUT2D eigenvalue weighted by molar-refractivity contribution is -0.189. The highest BCUT2D eigenvalue weighted by Gasteiger charge is 2.43. The van der Waals surface area contributed by atoms with Gasteiger partial charge in [-0.3, -0.25) is 0 Å². The minimum Gasteiger partial charge on any atom is -0.494 e. The third-order valence-corrected chi connectivity index (χ3v) is 9.48. The van der Waals surface area contributed by atoms with Gasteiger partial charge in [-0.05, 0) is 60.7 Å². The van der Waals surface area contributed by atoms with Crippen LogP contribution in [0.4, 0.5) is 4.79 Å². The standard InChI is InChI=1S/C46H51NO7/c1-45(2,3)53-44(49)54-47-31-37(34-52-46(38-19-10-5-11-20-38,39-21-12-6-13-22-39)40-23-14-7-15-24-40)43(42(48)32-47)36-25-27-41(28-26-36)51-30-16-29-50-33-35-17-8-4-9-18-35/h4-15,17-28,37,42-43,48H,16,29-34H2,1-3H3. The van der Waals surface area contributed by atoms with Gasteiger partial charge >= 0.3 is 6.16 Å². The summed E-state index contributed by atoms with van der Waals surface area (Å²) >= 11 is 0. The number of hydrogen-bond donors (Lipinski definition) is 1. The predicted octanol–water partition coefficient (Wildman–Crippen LogP) is 8.92. The number of aliphatic hydroxyl groups excluding tert-OH is 1. The van der Waals surface area contributed by atoms with Crippen LogP contribution in [0.3, 0.4) is 0 Å². The average molecular weight is 730 g/mol. The minimum atomic E-state index is -0.962. The summed E-state index contributed by atoms with van der Waals surface area (Å²) in [5.41, 5.74) is 3.33. The second kappa shape index (κ2) is 18.4. The Labute approximate surface area is 319 Å². The van der Waals surface area contributed by atoms with Crippen molar-refractivity contribution in [3.05, 3.63) is 173 Å². The van der Waals surface area contributed by atoms with Crippen LogP contribution in [0.25, 0.3) is 0 Å². The molecule has 3 atom stereocenters. The summed E-state index contributed by atoms with van der Waals surface area (Å²) in [4.78, 5) is 18.5. The normalized spacial score (nSPS) is 17.8. The number of ether oxygens (including phenoxy) is 4. The lowest BCUT2D eigenvalue weighted by atomic mass is 9.78. The molecule has 8 heteroatoms. The van der Waals surface area contributed by atoms with Crippen molar-refractivity contribution in [3.63, 3.8) is 0 Å². The molecule has 5 aromatic carbocycles. The van der Waals surface area contributed by atoms with E-state index in [1.54, 1.807) is 20.8 Å². The molecule has 1 aliphatic heterocycles. The fourth-order valence-corrected chi connectivity index (χ4v) is 7.09. The summed E-state index contributed by atoms with van der Waals surface area (Å²) in [6.45, 7) is 7.72. The second-order valence-electron chi connectivity index (χ2n) is 14.7. The molecule has 0 aliphatic carbocycles. The molecule has 3 unspecified atom stereocenters. The number of nitrogens with zero attached hydrogens (tertiary/aromatic N) is 1. The van der Waals surface area contributed by atoms with Crippen LogP contribution in [0, 0.1) is 5.92 Å². The number of aliphatic hydroxyl groups is 1. The Kier molecular flexibility index (Phi) is 13.2.